The maximum atomic E-state index is 13.1. The van der Waals surface area contributed by atoms with Crippen molar-refractivity contribution in [1.29, 1.82) is 5.26 Å². The molecule has 0 unspecified atom stereocenters. The van der Waals surface area contributed by atoms with Gasteiger partial charge in [0.05, 0.1) is 0 Å². The molecule has 4 heteroatoms. The largest absolute Gasteiger partial charge is 0.381 e. The molecule has 0 saturated carbocycles. The van der Waals surface area contributed by atoms with Crippen LogP contribution >= 0.6 is 0 Å². The fraction of sp³-hybridized carbons (Fsp3) is 0.143. The number of rotatable bonds is 3. The van der Waals surface area contributed by atoms with E-state index in [4.69, 9.17) is 5.26 Å². The molecule has 2 rings (SSSR count). The van der Waals surface area contributed by atoms with Crippen molar-refractivity contribution < 1.29 is 4.39 Å². The third kappa shape index (κ3) is 2.83. The van der Waals surface area contributed by atoms with E-state index in [1.54, 1.807) is 31.3 Å². The van der Waals surface area contributed by atoms with E-state index in [1.807, 2.05) is 12.1 Å². The molecule has 0 aliphatic rings. The maximum Gasteiger partial charge on any atom is 0.140 e. The Morgan fingerprint density at radius 3 is 2.89 bits per heavy atom. The number of aryl methyl sites for hydroxylation is 1. The highest BCUT2D eigenvalue weighted by Gasteiger charge is 2.00. The summed E-state index contributed by atoms with van der Waals surface area (Å²) in [7, 11) is 0. The van der Waals surface area contributed by atoms with E-state index in [-0.39, 0.29) is 5.82 Å². The number of hydrogen-bond donors (Lipinski definition) is 1. The normalized spacial score (nSPS) is 9.83. The molecule has 1 aromatic carbocycles. The summed E-state index contributed by atoms with van der Waals surface area (Å²) in [6.45, 7) is 2.29. The molecule has 0 amide bonds. The fourth-order valence-corrected chi connectivity index (χ4v) is 1.60. The van der Waals surface area contributed by atoms with Crippen molar-refractivity contribution in [2.24, 2.45) is 0 Å². The molecule has 90 valence electrons. The molecule has 1 N–H and O–H groups in total. The number of anilines is 1. The van der Waals surface area contributed by atoms with Gasteiger partial charge in [-0.05, 0) is 48.4 Å². The Hall–Kier alpha value is -2.41. The van der Waals surface area contributed by atoms with Gasteiger partial charge in [0.1, 0.15) is 17.6 Å². The molecule has 18 heavy (non-hydrogen) atoms. The SMILES string of the molecule is Cc1cc(NCc2ccnc(C#N)c2)ccc1F. The number of aromatic nitrogens is 1. The standard InChI is InChI=1S/C14H12FN3/c1-10-6-12(2-3-14(10)15)18-9-11-4-5-17-13(7-11)8-16/h2-7,18H,9H2,1H3. The van der Waals surface area contributed by atoms with E-state index in [2.05, 4.69) is 10.3 Å². The molecule has 0 aliphatic heterocycles. The van der Waals surface area contributed by atoms with Crippen LogP contribution in [0.2, 0.25) is 0 Å². The first-order valence-electron chi connectivity index (χ1n) is 5.54. The van der Waals surface area contributed by atoms with E-state index in [1.165, 1.54) is 6.07 Å². The van der Waals surface area contributed by atoms with Crippen LogP contribution in [-0.4, -0.2) is 4.98 Å². The summed E-state index contributed by atoms with van der Waals surface area (Å²) in [5.41, 5.74) is 2.81. The minimum Gasteiger partial charge on any atom is -0.381 e. The van der Waals surface area contributed by atoms with Crippen molar-refractivity contribution in [2.45, 2.75) is 13.5 Å². The predicted octanol–water partition coefficient (Wildman–Crippen LogP) is 3.01. The second kappa shape index (κ2) is 5.28. The summed E-state index contributed by atoms with van der Waals surface area (Å²) in [6, 6.07) is 10.4. The number of benzene rings is 1. The van der Waals surface area contributed by atoms with Crippen molar-refractivity contribution >= 4 is 5.69 Å². The second-order valence-electron chi connectivity index (χ2n) is 3.98. The van der Waals surface area contributed by atoms with Crippen LogP contribution in [-0.2, 0) is 6.54 Å². The number of nitrogens with zero attached hydrogens (tertiary/aromatic N) is 2. The molecule has 0 bridgehead atoms. The first kappa shape index (κ1) is 12.1. The molecular weight excluding hydrogens is 229 g/mol. The van der Waals surface area contributed by atoms with Crippen LogP contribution in [0.1, 0.15) is 16.8 Å². The highest BCUT2D eigenvalue weighted by atomic mass is 19.1. The lowest BCUT2D eigenvalue weighted by Gasteiger charge is -2.07. The number of nitriles is 1. The minimum absolute atomic E-state index is 0.212. The Bertz CT molecular complexity index is 602. The van der Waals surface area contributed by atoms with E-state index < -0.39 is 0 Å². The van der Waals surface area contributed by atoms with E-state index in [0.29, 0.717) is 17.8 Å². The average molecular weight is 241 g/mol. The highest BCUT2D eigenvalue weighted by molar-refractivity contribution is 5.46. The molecule has 0 atom stereocenters. The Morgan fingerprint density at radius 1 is 1.33 bits per heavy atom. The zero-order valence-corrected chi connectivity index (χ0v) is 9.94. The van der Waals surface area contributed by atoms with Gasteiger partial charge < -0.3 is 5.32 Å². The summed E-state index contributed by atoms with van der Waals surface area (Å²) in [4.78, 5) is 3.90. The zero-order chi connectivity index (χ0) is 13.0. The van der Waals surface area contributed by atoms with Crippen LogP contribution in [0, 0.1) is 24.1 Å². The fourth-order valence-electron chi connectivity index (χ4n) is 1.60. The lowest BCUT2D eigenvalue weighted by atomic mass is 10.2. The molecular formula is C14H12FN3. The molecule has 0 spiro atoms. The van der Waals surface area contributed by atoms with E-state index >= 15 is 0 Å². The van der Waals surface area contributed by atoms with Crippen LogP contribution < -0.4 is 5.32 Å². The quantitative estimate of drug-likeness (QED) is 0.898. The number of nitrogens with one attached hydrogen (secondary N) is 1. The Balaban J connectivity index is 2.07. The van der Waals surface area contributed by atoms with Crippen molar-refractivity contribution in [2.75, 3.05) is 5.32 Å². The van der Waals surface area contributed by atoms with E-state index in [9.17, 15) is 4.39 Å². The van der Waals surface area contributed by atoms with Crippen LogP contribution in [0.25, 0.3) is 0 Å². The molecule has 0 aliphatic carbocycles. The van der Waals surface area contributed by atoms with Gasteiger partial charge in [-0.2, -0.15) is 5.26 Å². The summed E-state index contributed by atoms with van der Waals surface area (Å²) in [5, 5.41) is 11.9. The first-order valence-corrected chi connectivity index (χ1v) is 5.54. The molecule has 3 nitrogen and oxygen atoms in total. The lowest BCUT2D eigenvalue weighted by molar-refractivity contribution is 0.618. The van der Waals surface area contributed by atoms with Gasteiger partial charge in [-0.25, -0.2) is 9.37 Å². The van der Waals surface area contributed by atoms with Gasteiger partial charge in [0, 0.05) is 18.4 Å². The third-order valence-electron chi connectivity index (χ3n) is 2.59. The molecule has 1 heterocycles. The monoisotopic (exact) mass is 241 g/mol. The molecule has 1 aromatic heterocycles. The zero-order valence-electron chi connectivity index (χ0n) is 9.94. The smallest absolute Gasteiger partial charge is 0.140 e. The van der Waals surface area contributed by atoms with Gasteiger partial charge in [-0.3, -0.25) is 0 Å². The molecule has 0 radical (unpaired) electrons. The Kier molecular flexibility index (Phi) is 3.54. The Labute approximate surface area is 105 Å². The van der Waals surface area contributed by atoms with Gasteiger partial charge in [0.2, 0.25) is 0 Å². The van der Waals surface area contributed by atoms with Crippen molar-refractivity contribution in [3.05, 3.63) is 59.2 Å². The van der Waals surface area contributed by atoms with Gasteiger partial charge in [-0.15, -0.1) is 0 Å². The van der Waals surface area contributed by atoms with E-state index in [0.717, 1.165) is 11.3 Å². The topological polar surface area (TPSA) is 48.7 Å². The van der Waals surface area contributed by atoms with Gasteiger partial charge >= 0.3 is 0 Å². The lowest BCUT2D eigenvalue weighted by Crippen LogP contribution is -2.00. The second-order valence-corrected chi connectivity index (χ2v) is 3.98. The number of pyridine rings is 1. The summed E-state index contributed by atoms with van der Waals surface area (Å²) >= 11 is 0. The third-order valence-corrected chi connectivity index (χ3v) is 2.59. The van der Waals surface area contributed by atoms with Gasteiger partial charge in [0.15, 0.2) is 0 Å². The molecule has 0 saturated heterocycles. The Morgan fingerprint density at radius 2 is 2.17 bits per heavy atom. The average Bonchev–Trinajstić information content (AvgIpc) is 2.40. The van der Waals surface area contributed by atoms with Crippen molar-refractivity contribution in [1.82, 2.24) is 4.98 Å². The van der Waals surface area contributed by atoms with Gasteiger partial charge in [0.25, 0.3) is 0 Å². The minimum atomic E-state index is -0.212. The van der Waals surface area contributed by atoms with Crippen LogP contribution in [0.15, 0.2) is 36.5 Å². The highest BCUT2D eigenvalue weighted by Crippen LogP contribution is 2.14. The predicted molar refractivity (Wildman–Crippen MR) is 67.4 cm³/mol. The molecule has 0 fully saturated rings. The maximum absolute atomic E-state index is 13.1. The van der Waals surface area contributed by atoms with Crippen molar-refractivity contribution in [3.8, 4) is 6.07 Å². The summed E-state index contributed by atoms with van der Waals surface area (Å²) in [5.74, 6) is -0.212. The summed E-state index contributed by atoms with van der Waals surface area (Å²) < 4.78 is 13.1. The number of hydrogen-bond acceptors (Lipinski definition) is 3. The summed E-state index contributed by atoms with van der Waals surface area (Å²) in [6.07, 6.45) is 1.60. The van der Waals surface area contributed by atoms with Crippen LogP contribution in [0.4, 0.5) is 10.1 Å². The number of halogens is 1. The van der Waals surface area contributed by atoms with Crippen LogP contribution in [0.5, 0.6) is 0 Å². The first-order chi connectivity index (χ1) is 8.69. The van der Waals surface area contributed by atoms with Crippen molar-refractivity contribution in [3.63, 3.8) is 0 Å². The van der Waals surface area contributed by atoms with Crippen LogP contribution in [0.3, 0.4) is 0 Å². The van der Waals surface area contributed by atoms with Gasteiger partial charge in [-0.1, -0.05) is 0 Å². The molecule has 2 aromatic rings.